The molecule has 1 heterocycles. The number of ether oxygens (including phenoxy) is 1. The van der Waals surface area contributed by atoms with Gasteiger partial charge in [-0.25, -0.2) is 4.98 Å². The third-order valence-corrected chi connectivity index (χ3v) is 2.80. The lowest BCUT2D eigenvalue weighted by Crippen LogP contribution is -2.09. The standard InChI is InChI=1S/C14H10F3N3O/c1-8-10(19)3-2-4-11(8)21-13-9(7-18)5-6-12(20-13)14(15,16)17/h2-6H,19H2,1H3. The van der Waals surface area contributed by atoms with Crippen LogP contribution in [0, 0.1) is 18.3 Å². The molecule has 108 valence electrons. The molecule has 0 aliphatic heterocycles. The van der Waals surface area contributed by atoms with Crippen LogP contribution in [-0.4, -0.2) is 4.98 Å². The molecule has 1 aromatic carbocycles. The third kappa shape index (κ3) is 3.05. The largest absolute Gasteiger partial charge is 0.437 e. The maximum absolute atomic E-state index is 12.7. The van der Waals surface area contributed by atoms with Crippen LogP contribution in [0.15, 0.2) is 30.3 Å². The number of nitrogen functional groups attached to an aromatic ring is 1. The first kappa shape index (κ1) is 14.7. The number of halogens is 3. The number of anilines is 1. The summed E-state index contributed by atoms with van der Waals surface area (Å²) >= 11 is 0. The molecule has 0 spiro atoms. The van der Waals surface area contributed by atoms with Crippen molar-refractivity contribution in [2.75, 3.05) is 5.73 Å². The highest BCUT2D eigenvalue weighted by Gasteiger charge is 2.33. The second-order valence-electron chi connectivity index (χ2n) is 4.23. The Morgan fingerprint density at radius 2 is 1.95 bits per heavy atom. The molecule has 0 atom stereocenters. The van der Waals surface area contributed by atoms with E-state index in [0.29, 0.717) is 11.3 Å². The molecule has 0 unspecified atom stereocenters. The number of rotatable bonds is 2. The monoisotopic (exact) mass is 293 g/mol. The average Bonchev–Trinajstić information content (AvgIpc) is 2.43. The Kier molecular flexibility index (Phi) is 3.72. The average molecular weight is 293 g/mol. The smallest absolute Gasteiger partial charge is 0.433 e. The fourth-order valence-corrected chi connectivity index (χ4v) is 1.61. The van der Waals surface area contributed by atoms with Crippen molar-refractivity contribution in [3.8, 4) is 17.7 Å². The summed E-state index contributed by atoms with van der Waals surface area (Å²) in [6.45, 7) is 1.66. The molecule has 0 bridgehead atoms. The highest BCUT2D eigenvalue weighted by molar-refractivity contribution is 5.54. The van der Waals surface area contributed by atoms with Gasteiger partial charge < -0.3 is 10.5 Å². The van der Waals surface area contributed by atoms with Gasteiger partial charge in [0.2, 0.25) is 5.88 Å². The summed E-state index contributed by atoms with van der Waals surface area (Å²) in [5.41, 5.74) is 5.46. The Morgan fingerprint density at radius 3 is 2.57 bits per heavy atom. The van der Waals surface area contributed by atoms with Crippen LogP contribution in [0.5, 0.6) is 11.6 Å². The van der Waals surface area contributed by atoms with E-state index >= 15 is 0 Å². The summed E-state index contributed by atoms with van der Waals surface area (Å²) in [7, 11) is 0. The normalized spacial score (nSPS) is 11.0. The van der Waals surface area contributed by atoms with Gasteiger partial charge in [0.1, 0.15) is 23.1 Å². The molecule has 2 rings (SSSR count). The number of hydrogen-bond donors (Lipinski definition) is 1. The number of nitriles is 1. The first-order valence-corrected chi connectivity index (χ1v) is 5.84. The first-order chi connectivity index (χ1) is 9.82. The molecule has 0 fully saturated rings. The van der Waals surface area contributed by atoms with E-state index in [1.54, 1.807) is 25.1 Å². The third-order valence-electron chi connectivity index (χ3n) is 2.80. The maximum Gasteiger partial charge on any atom is 0.433 e. The van der Waals surface area contributed by atoms with Crippen molar-refractivity contribution >= 4 is 5.69 Å². The zero-order valence-corrected chi connectivity index (χ0v) is 10.9. The molecule has 2 aromatic rings. The maximum atomic E-state index is 12.7. The van der Waals surface area contributed by atoms with Crippen molar-refractivity contribution in [3.05, 3.63) is 47.2 Å². The molecule has 0 radical (unpaired) electrons. The van der Waals surface area contributed by atoms with E-state index in [1.165, 1.54) is 6.07 Å². The Balaban J connectivity index is 2.48. The van der Waals surface area contributed by atoms with Crippen molar-refractivity contribution < 1.29 is 17.9 Å². The summed E-state index contributed by atoms with van der Waals surface area (Å²) in [5.74, 6) is -0.153. The van der Waals surface area contributed by atoms with Crippen molar-refractivity contribution in [2.24, 2.45) is 0 Å². The number of aromatic nitrogens is 1. The van der Waals surface area contributed by atoms with Gasteiger partial charge >= 0.3 is 6.18 Å². The molecule has 7 heteroatoms. The Bertz CT molecular complexity index is 720. The predicted octanol–water partition coefficient (Wildman–Crippen LogP) is 3.66. The lowest BCUT2D eigenvalue weighted by molar-refractivity contribution is -0.141. The zero-order valence-electron chi connectivity index (χ0n) is 10.9. The van der Waals surface area contributed by atoms with Crippen molar-refractivity contribution in [2.45, 2.75) is 13.1 Å². The molecule has 0 saturated heterocycles. The molecular formula is C14H10F3N3O. The van der Waals surface area contributed by atoms with Crippen LogP contribution in [-0.2, 0) is 6.18 Å². The number of alkyl halides is 3. The van der Waals surface area contributed by atoms with Gasteiger partial charge in [0.05, 0.1) is 0 Å². The van der Waals surface area contributed by atoms with Gasteiger partial charge in [0.15, 0.2) is 0 Å². The van der Waals surface area contributed by atoms with Gasteiger partial charge in [0, 0.05) is 11.3 Å². The first-order valence-electron chi connectivity index (χ1n) is 5.84. The lowest BCUT2D eigenvalue weighted by atomic mass is 10.2. The second-order valence-corrected chi connectivity index (χ2v) is 4.23. The van der Waals surface area contributed by atoms with Crippen molar-refractivity contribution in [1.29, 1.82) is 5.26 Å². The van der Waals surface area contributed by atoms with Crippen LogP contribution in [0.3, 0.4) is 0 Å². The van der Waals surface area contributed by atoms with Crippen LogP contribution < -0.4 is 10.5 Å². The van der Waals surface area contributed by atoms with E-state index in [0.717, 1.165) is 12.1 Å². The number of benzene rings is 1. The molecule has 0 aliphatic carbocycles. The van der Waals surface area contributed by atoms with Crippen LogP contribution in [0.1, 0.15) is 16.8 Å². The Morgan fingerprint density at radius 1 is 1.24 bits per heavy atom. The number of pyridine rings is 1. The molecular weight excluding hydrogens is 283 g/mol. The Labute approximate surface area is 118 Å². The van der Waals surface area contributed by atoms with Crippen LogP contribution in [0.25, 0.3) is 0 Å². The van der Waals surface area contributed by atoms with Gasteiger partial charge in [-0.2, -0.15) is 18.4 Å². The molecule has 21 heavy (non-hydrogen) atoms. The minimum atomic E-state index is -4.61. The summed E-state index contributed by atoms with van der Waals surface area (Å²) in [5, 5.41) is 8.94. The minimum Gasteiger partial charge on any atom is -0.437 e. The zero-order chi connectivity index (χ0) is 15.6. The fourth-order valence-electron chi connectivity index (χ4n) is 1.61. The summed E-state index contributed by atoms with van der Waals surface area (Å²) < 4.78 is 43.3. The lowest BCUT2D eigenvalue weighted by Gasteiger charge is -2.12. The van der Waals surface area contributed by atoms with Crippen LogP contribution >= 0.6 is 0 Å². The Hall–Kier alpha value is -2.75. The SMILES string of the molecule is Cc1c(N)cccc1Oc1nc(C(F)(F)F)ccc1C#N. The molecule has 0 amide bonds. The van der Waals surface area contributed by atoms with E-state index in [2.05, 4.69) is 4.98 Å². The van der Waals surface area contributed by atoms with E-state index < -0.39 is 17.8 Å². The van der Waals surface area contributed by atoms with E-state index in [1.807, 2.05) is 0 Å². The molecule has 0 saturated carbocycles. The number of hydrogen-bond acceptors (Lipinski definition) is 4. The van der Waals surface area contributed by atoms with E-state index in [9.17, 15) is 13.2 Å². The van der Waals surface area contributed by atoms with E-state index in [-0.39, 0.29) is 11.3 Å². The highest BCUT2D eigenvalue weighted by atomic mass is 19.4. The van der Waals surface area contributed by atoms with Gasteiger partial charge in [0.25, 0.3) is 0 Å². The summed E-state index contributed by atoms with van der Waals surface area (Å²) in [6.07, 6.45) is -4.61. The summed E-state index contributed by atoms with van der Waals surface area (Å²) in [6, 6.07) is 8.26. The van der Waals surface area contributed by atoms with Gasteiger partial charge in [-0.15, -0.1) is 0 Å². The van der Waals surface area contributed by atoms with Crippen LogP contribution in [0.2, 0.25) is 0 Å². The number of nitrogens with zero attached hydrogens (tertiary/aromatic N) is 2. The predicted molar refractivity (Wildman–Crippen MR) is 69.6 cm³/mol. The van der Waals surface area contributed by atoms with Gasteiger partial charge in [-0.05, 0) is 31.2 Å². The molecule has 0 aliphatic rings. The fraction of sp³-hybridized carbons (Fsp3) is 0.143. The molecule has 4 nitrogen and oxygen atoms in total. The number of nitrogens with two attached hydrogens (primary N) is 1. The van der Waals surface area contributed by atoms with Crippen LogP contribution in [0.4, 0.5) is 18.9 Å². The second kappa shape index (κ2) is 5.32. The molecule has 2 N–H and O–H groups in total. The van der Waals surface area contributed by atoms with Crippen molar-refractivity contribution in [3.63, 3.8) is 0 Å². The highest BCUT2D eigenvalue weighted by Crippen LogP contribution is 2.33. The van der Waals surface area contributed by atoms with Gasteiger partial charge in [-0.3, -0.25) is 0 Å². The molecule has 1 aromatic heterocycles. The van der Waals surface area contributed by atoms with Gasteiger partial charge in [-0.1, -0.05) is 6.07 Å². The van der Waals surface area contributed by atoms with E-state index in [4.69, 9.17) is 15.7 Å². The quantitative estimate of drug-likeness (QED) is 0.858. The summed E-state index contributed by atoms with van der Waals surface area (Å²) in [4.78, 5) is 3.37. The van der Waals surface area contributed by atoms with Crippen molar-refractivity contribution in [1.82, 2.24) is 4.98 Å². The minimum absolute atomic E-state index is 0.0928. The topological polar surface area (TPSA) is 71.9 Å².